The smallest absolute Gasteiger partial charge is 0.133 e. The number of benzene rings is 2. The summed E-state index contributed by atoms with van der Waals surface area (Å²) in [5, 5.41) is 3.29. The van der Waals surface area contributed by atoms with Gasteiger partial charge in [-0.3, -0.25) is 4.99 Å². The van der Waals surface area contributed by atoms with E-state index in [1.54, 1.807) is 19.2 Å². The Bertz CT molecular complexity index is 688. The average molecular weight is 282 g/mol. The lowest BCUT2D eigenvalue weighted by Gasteiger charge is -2.18. The number of methoxy groups -OCH3 is 1. The van der Waals surface area contributed by atoms with Crippen molar-refractivity contribution in [3.05, 3.63) is 71.6 Å². The van der Waals surface area contributed by atoms with Crippen molar-refractivity contribution in [2.45, 2.75) is 0 Å². The number of ether oxygens (including phenoxy) is 1. The van der Waals surface area contributed by atoms with E-state index in [1.807, 2.05) is 30.3 Å². The van der Waals surface area contributed by atoms with Crippen molar-refractivity contribution in [3.63, 3.8) is 0 Å². The summed E-state index contributed by atoms with van der Waals surface area (Å²) in [7, 11) is 1.65. The Kier molecular flexibility index (Phi) is 3.69. The van der Waals surface area contributed by atoms with E-state index in [4.69, 9.17) is 4.74 Å². The topological polar surface area (TPSA) is 33.6 Å². The molecule has 1 aliphatic heterocycles. The van der Waals surface area contributed by atoms with Crippen LogP contribution < -0.4 is 10.1 Å². The van der Waals surface area contributed by atoms with Gasteiger partial charge in [-0.25, -0.2) is 4.39 Å². The third kappa shape index (κ3) is 2.94. The number of hydrogen-bond acceptors (Lipinski definition) is 3. The van der Waals surface area contributed by atoms with E-state index in [2.05, 4.69) is 10.3 Å². The van der Waals surface area contributed by atoms with Gasteiger partial charge in [-0.2, -0.15) is 0 Å². The number of rotatable bonds is 3. The van der Waals surface area contributed by atoms with Crippen molar-refractivity contribution in [3.8, 4) is 5.75 Å². The minimum Gasteiger partial charge on any atom is -0.497 e. The second-order valence-corrected chi connectivity index (χ2v) is 4.67. The Morgan fingerprint density at radius 1 is 1.00 bits per heavy atom. The number of nitrogens with zero attached hydrogens (tertiary/aromatic N) is 1. The van der Waals surface area contributed by atoms with E-state index in [9.17, 15) is 4.39 Å². The normalized spacial score (nSPS) is 14.0. The number of hydrogen-bond donors (Lipinski definition) is 1. The maximum absolute atomic E-state index is 13.0. The fraction of sp³-hybridized carbons (Fsp3) is 0.118. The highest BCUT2D eigenvalue weighted by Gasteiger charge is 2.11. The van der Waals surface area contributed by atoms with Crippen LogP contribution in [0.1, 0.15) is 11.1 Å². The highest BCUT2D eigenvalue weighted by Crippen LogP contribution is 2.19. The molecule has 1 heterocycles. The van der Waals surface area contributed by atoms with E-state index >= 15 is 0 Å². The fourth-order valence-electron chi connectivity index (χ4n) is 2.18. The Balaban J connectivity index is 1.80. The summed E-state index contributed by atoms with van der Waals surface area (Å²) in [6.45, 7) is 0.598. The van der Waals surface area contributed by atoms with Gasteiger partial charge in [0.05, 0.1) is 13.7 Å². The third-order valence-corrected chi connectivity index (χ3v) is 3.32. The van der Waals surface area contributed by atoms with Crippen molar-refractivity contribution in [1.82, 2.24) is 5.32 Å². The molecule has 0 amide bonds. The van der Waals surface area contributed by atoms with E-state index in [1.165, 1.54) is 12.1 Å². The lowest BCUT2D eigenvalue weighted by atomic mass is 10.1. The first-order chi connectivity index (χ1) is 10.3. The molecule has 0 bridgehead atoms. The van der Waals surface area contributed by atoms with Gasteiger partial charge in [-0.05, 0) is 60.2 Å². The predicted octanol–water partition coefficient (Wildman–Crippen LogP) is 3.23. The maximum atomic E-state index is 13.0. The highest BCUT2D eigenvalue weighted by molar-refractivity contribution is 6.04. The van der Waals surface area contributed by atoms with Gasteiger partial charge in [0, 0.05) is 11.3 Å². The quantitative estimate of drug-likeness (QED) is 0.937. The molecule has 0 radical (unpaired) electrons. The lowest BCUT2D eigenvalue weighted by Crippen LogP contribution is -2.26. The van der Waals surface area contributed by atoms with Crippen LogP contribution in [-0.4, -0.2) is 19.5 Å². The molecule has 0 spiro atoms. The summed E-state index contributed by atoms with van der Waals surface area (Å²) in [5.41, 5.74) is 2.92. The summed E-state index contributed by atoms with van der Waals surface area (Å²) in [5.74, 6) is 1.33. The first-order valence-electron chi connectivity index (χ1n) is 6.68. The minimum atomic E-state index is -0.249. The Labute approximate surface area is 122 Å². The van der Waals surface area contributed by atoms with Gasteiger partial charge in [0.15, 0.2) is 0 Å². The van der Waals surface area contributed by atoms with Gasteiger partial charge in [0.2, 0.25) is 0 Å². The maximum Gasteiger partial charge on any atom is 0.133 e. The minimum absolute atomic E-state index is 0.249. The van der Waals surface area contributed by atoms with Crippen LogP contribution in [0.4, 0.5) is 4.39 Å². The van der Waals surface area contributed by atoms with Crippen molar-refractivity contribution in [1.29, 1.82) is 0 Å². The molecule has 2 aromatic carbocycles. The van der Waals surface area contributed by atoms with Gasteiger partial charge in [-0.15, -0.1) is 0 Å². The van der Waals surface area contributed by atoms with Gasteiger partial charge < -0.3 is 10.1 Å². The predicted molar refractivity (Wildman–Crippen MR) is 81.9 cm³/mol. The van der Waals surface area contributed by atoms with Crippen LogP contribution in [0.5, 0.6) is 5.75 Å². The van der Waals surface area contributed by atoms with Crippen molar-refractivity contribution >= 4 is 11.5 Å². The molecule has 21 heavy (non-hydrogen) atoms. The van der Waals surface area contributed by atoms with Gasteiger partial charge in [0.1, 0.15) is 17.4 Å². The van der Waals surface area contributed by atoms with Crippen LogP contribution in [0.25, 0.3) is 5.70 Å². The zero-order valence-electron chi connectivity index (χ0n) is 11.6. The molecular weight excluding hydrogens is 267 g/mol. The Morgan fingerprint density at radius 2 is 1.67 bits per heavy atom. The van der Waals surface area contributed by atoms with E-state index in [0.29, 0.717) is 6.54 Å². The molecule has 0 atom stereocenters. The molecule has 1 N–H and O–H groups in total. The first-order valence-corrected chi connectivity index (χ1v) is 6.68. The van der Waals surface area contributed by atoms with Crippen LogP contribution in [0, 0.1) is 5.82 Å². The fourth-order valence-corrected chi connectivity index (χ4v) is 2.18. The zero-order chi connectivity index (χ0) is 14.7. The van der Waals surface area contributed by atoms with Crippen molar-refractivity contribution in [2.75, 3.05) is 13.7 Å². The summed E-state index contributed by atoms with van der Waals surface area (Å²) in [6, 6.07) is 14.1. The monoisotopic (exact) mass is 282 g/mol. The molecule has 0 fully saturated rings. The average Bonchev–Trinajstić information content (AvgIpc) is 2.56. The van der Waals surface area contributed by atoms with Gasteiger partial charge >= 0.3 is 0 Å². The summed E-state index contributed by atoms with van der Waals surface area (Å²) >= 11 is 0. The van der Waals surface area contributed by atoms with E-state index < -0.39 is 0 Å². The Morgan fingerprint density at radius 3 is 2.33 bits per heavy atom. The molecule has 0 unspecified atom stereocenters. The van der Waals surface area contributed by atoms with E-state index in [0.717, 1.165) is 28.4 Å². The summed E-state index contributed by atoms with van der Waals surface area (Å²) < 4.78 is 18.1. The van der Waals surface area contributed by atoms with Crippen molar-refractivity contribution < 1.29 is 9.13 Å². The molecule has 0 aliphatic carbocycles. The standard InChI is InChI=1S/C17H15FN2O/c1-21-15-8-4-12(5-9-15)16-10-11-19-17(20-16)13-2-6-14(18)7-3-13/h2-10H,11H2,1H3,(H,19,20). The van der Waals surface area contributed by atoms with Crippen LogP contribution in [0.2, 0.25) is 0 Å². The molecule has 0 saturated heterocycles. The molecule has 3 nitrogen and oxygen atoms in total. The van der Waals surface area contributed by atoms with Gasteiger partial charge in [0.25, 0.3) is 0 Å². The summed E-state index contributed by atoms with van der Waals surface area (Å²) in [6.07, 6.45) is 2.02. The SMILES string of the molecule is COc1ccc(C2=CCN=C(c3ccc(F)cc3)N2)cc1. The second-order valence-electron chi connectivity index (χ2n) is 4.67. The lowest BCUT2D eigenvalue weighted by molar-refractivity contribution is 0.415. The molecular formula is C17H15FN2O. The molecule has 1 aliphatic rings. The molecule has 3 rings (SSSR count). The molecule has 0 saturated carbocycles. The number of nitrogens with one attached hydrogen (secondary N) is 1. The zero-order valence-corrected chi connectivity index (χ0v) is 11.6. The highest BCUT2D eigenvalue weighted by atomic mass is 19.1. The molecule has 106 valence electrons. The second kappa shape index (κ2) is 5.79. The van der Waals surface area contributed by atoms with E-state index in [-0.39, 0.29) is 5.82 Å². The van der Waals surface area contributed by atoms with Crippen LogP contribution in [0.15, 0.2) is 59.6 Å². The first kappa shape index (κ1) is 13.4. The summed E-state index contributed by atoms with van der Waals surface area (Å²) in [4.78, 5) is 4.42. The molecule has 2 aromatic rings. The van der Waals surface area contributed by atoms with Crippen molar-refractivity contribution in [2.24, 2.45) is 4.99 Å². The van der Waals surface area contributed by atoms with Crippen LogP contribution >= 0.6 is 0 Å². The number of aliphatic imine (C=N–C) groups is 1. The largest absolute Gasteiger partial charge is 0.497 e. The van der Waals surface area contributed by atoms with Crippen LogP contribution in [0.3, 0.4) is 0 Å². The number of amidine groups is 1. The molecule has 0 aromatic heterocycles. The Hall–Kier alpha value is -2.62. The third-order valence-electron chi connectivity index (χ3n) is 3.32. The van der Waals surface area contributed by atoms with Crippen LogP contribution in [-0.2, 0) is 0 Å². The van der Waals surface area contributed by atoms with Gasteiger partial charge in [-0.1, -0.05) is 0 Å². The molecule has 4 heteroatoms. The number of halogens is 1.